The number of hydrogen-bond donors (Lipinski definition) is 2. The van der Waals surface area contributed by atoms with Crippen LogP contribution in [0.3, 0.4) is 0 Å². The highest BCUT2D eigenvalue weighted by atomic mass is 16.3. The number of nitrogens with one attached hydrogen (secondary N) is 1. The fourth-order valence-electron chi connectivity index (χ4n) is 2.18. The van der Waals surface area contributed by atoms with Crippen molar-refractivity contribution in [2.45, 2.75) is 32.9 Å². The van der Waals surface area contributed by atoms with E-state index in [1.54, 1.807) is 0 Å². The molecule has 3 heteroatoms. The number of aliphatic hydroxyl groups excluding tert-OH is 1. The van der Waals surface area contributed by atoms with Crippen LogP contribution in [0.25, 0.3) is 10.9 Å². The van der Waals surface area contributed by atoms with Gasteiger partial charge in [0.05, 0.1) is 0 Å². The van der Waals surface area contributed by atoms with Crippen LogP contribution < -0.4 is 5.32 Å². The Bertz CT molecular complexity index is 490. The molecule has 1 aromatic heterocycles. The summed E-state index contributed by atoms with van der Waals surface area (Å²) < 4.78 is 2.22. The third kappa shape index (κ3) is 3.12. The van der Waals surface area contributed by atoms with E-state index in [0.717, 1.165) is 32.5 Å². The highest BCUT2D eigenvalue weighted by molar-refractivity contribution is 5.80. The van der Waals surface area contributed by atoms with E-state index >= 15 is 0 Å². The topological polar surface area (TPSA) is 37.2 Å². The molecule has 0 fully saturated rings. The van der Waals surface area contributed by atoms with E-state index in [9.17, 15) is 0 Å². The van der Waals surface area contributed by atoms with Crippen LogP contribution in [0.5, 0.6) is 0 Å². The van der Waals surface area contributed by atoms with Gasteiger partial charge < -0.3 is 15.0 Å². The zero-order valence-electron chi connectivity index (χ0n) is 11.0. The lowest BCUT2D eigenvalue weighted by molar-refractivity contribution is 0.280. The largest absolute Gasteiger partial charge is 0.396 e. The van der Waals surface area contributed by atoms with Crippen LogP contribution in [0.2, 0.25) is 0 Å². The lowest BCUT2D eigenvalue weighted by atomic mass is 10.1. The van der Waals surface area contributed by atoms with Crippen LogP contribution in [-0.2, 0) is 13.1 Å². The quantitative estimate of drug-likeness (QED) is 0.737. The third-order valence-corrected chi connectivity index (χ3v) is 3.15. The monoisotopic (exact) mass is 246 g/mol. The molecule has 3 nitrogen and oxygen atoms in total. The number of aromatic nitrogens is 1. The second-order valence-electron chi connectivity index (χ2n) is 4.66. The Morgan fingerprint density at radius 2 is 2.17 bits per heavy atom. The Balaban J connectivity index is 2.14. The highest BCUT2D eigenvalue weighted by Gasteiger charge is 2.02. The molecule has 0 saturated heterocycles. The van der Waals surface area contributed by atoms with E-state index in [0.29, 0.717) is 0 Å². The molecule has 2 aromatic rings. The number of nitrogens with zero attached hydrogens (tertiary/aromatic N) is 1. The molecule has 0 radical (unpaired) electrons. The summed E-state index contributed by atoms with van der Waals surface area (Å²) in [5.74, 6) is 0. The summed E-state index contributed by atoms with van der Waals surface area (Å²) in [6.07, 6.45) is 4.07. The molecule has 0 aliphatic heterocycles. The Morgan fingerprint density at radius 3 is 2.94 bits per heavy atom. The summed E-state index contributed by atoms with van der Waals surface area (Å²) >= 11 is 0. The van der Waals surface area contributed by atoms with Gasteiger partial charge in [-0.3, -0.25) is 0 Å². The number of aryl methyl sites for hydroxylation is 1. The van der Waals surface area contributed by atoms with Gasteiger partial charge >= 0.3 is 0 Å². The number of hydrogen-bond acceptors (Lipinski definition) is 2. The summed E-state index contributed by atoms with van der Waals surface area (Å²) in [5.41, 5.74) is 2.58. The summed E-state index contributed by atoms with van der Waals surface area (Å²) in [4.78, 5) is 0. The molecule has 0 bridgehead atoms. The molecular formula is C15H22N2O. The van der Waals surface area contributed by atoms with E-state index in [1.165, 1.54) is 16.5 Å². The molecule has 0 aliphatic carbocycles. The SMILES string of the molecule is CCCNCc1ccc2ccn(CCCO)c2c1. The molecule has 0 aliphatic rings. The van der Waals surface area contributed by atoms with Crippen LogP contribution in [0.4, 0.5) is 0 Å². The Labute approximate surface area is 108 Å². The molecular weight excluding hydrogens is 224 g/mol. The van der Waals surface area contributed by atoms with Crippen molar-refractivity contribution in [3.63, 3.8) is 0 Å². The van der Waals surface area contributed by atoms with Gasteiger partial charge in [-0.05, 0) is 42.5 Å². The van der Waals surface area contributed by atoms with Crippen molar-refractivity contribution in [1.29, 1.82) is 0 Å². The van der Waals surface area contributed by atoms with Crippen molar-refractivity contribution in [2.24, 2.45) is 0 Å². The van der Waals surface area contributed by atoms with Crippen molar-refractivity contribution in [2.75, 3.05) is 13.2 Å². The molecule has 0 spiro atoms. The summed E-state index contributed by atoms with van der Waals surface area (Å²) in [7, 11) is 0. The molecule has 0 unspecified atom stereocenters. The maximum absolute atomic E-state index is 8.91. The van der Waals surface area contributed by atoms with Gasteiger partial charge in [0.15, 0.2) is 0 Å². The molecule has 0 amide bonds. The van der Waals surface area contributed by atoms with Gasteiger partial charge in [0.2, 0.25) is 0 Å². The molecule has 1 aromatic carbocycles. The van der Waals surface area contributed by atoms with Crippen LogP contribution >= 0.6 is 0 Å². The van der Waals surface area contributed by atoms with E-state index in [-0.39, 0.29) is 6.61 Å². The summed E-state index contributed by atoms with van der Waals surface area (Å²) in [6, 6.07) is 8.74. The maximum Gasteiger partial charge on any atom is 0.0483 e. The van der Waals surface area contributed by atoms with Crippen LogP contribution in [-0.4, -0.2) is 22.8 Å². The fraction of sp³-hybridized carbons (Fsp3) is 0.467. The molecule has 1 heterocycles. The molecule has 98 valence electrons. The lowest BCUT2D eigenvalue weighted by Gasteiger charge is -2.07. The highest BCUT2D eigenvalue weighted by Crippen LogP contribution is 2.18. The minimum atomic E-state index is 0.247. The molecule has 0 saturated carbocycles. The van der Waals surface area contributed by atoms with Gasteiger partial charge in [0.25, 0.3) is 0 Å². The van der Waals surface area contributed by atoms with Crippen molar-refractivity contribution in [3.05, 3.63) is 36.0 Å². The summed E-state index contributed by atoms with van der Waals surface area (Å²) in [5, 5.41) is 13.6. The first-order valence-electron chi connectivity index (χ1n) is 6.74. The average Bonchev–Trinajstić information content (AvgIpc) is 2.79. The van der Waals surface area contributed by atoms with E-state index < -0.39 is 0 Å². The van der Waals surface area contributed by atoms with E-state index in [2.05, 4.69) is 47.3 Å². The Morgan fingerprint density at radius 1 is 1.28 bits per heavy atom. The zero-order chi connectivity index (χ0) is 12.8. The molecule has 2 N–H and O–H groups in total. The predicted molar refractivity (Wildman–Crippen MR) is 75.6 cm³/mol. The normalized spacial score (nSPS) is 11.2. The van der Waals surface area contributed by atoms with Crippen LogP contribution in [0, 0.1) is 0 Å². The average molecular weight is 246 g/mol. The third-order valence-electron chi connectivity index (χ3n) is 3.15. The van der Waals surface area contributed by atoms with Gasteiger partial charge in [0.1, 0.15) is 0 Å². The molecule has 0 atom stereocenters. The second kappa shape index (κ2) is 6.57. The second-order valence-corrected chi connectivity index (χ2v) is 4.66. The first-order valence-corrected chi connectivity index (χ1v) is 6.74. The summed E-state index contributed by atoms with van der Waals surface area (Å²) in [6.45, 7) is 5.29. The standard InChI is InChI=1S/C15H22N2O/c1-2-7-16-12-13-4-5-14-6-9-17(8-3-10-18)15(14)11-13/h4-6,9,11,16,18H,2-3,7-8,10,12H2,1H3. The molecule has 18 heavy (non-hydrogen) atoms. The van der Waals surface area contributed by atoms with Gasteiger partial charge in [-0.15, -0.1) is 0 Å². The number of aliphatic hydroxyl groups is 1. The van der Waals surface area contributed by atoms with Gasteiger partial charge in [-0.1, -0.05) is 19.1 Å². The van der Waals surface area contributed by atoms with Gasteiger partial charge in [-0.25, -0.2) is 0 Å². The van der Waals surface area contributed by atoms with E-state index in [4.69, 9.17) is 5.11 Å². The maximum atomic E-state index is 8.91. The first kappa shape index (κ1) is 13.1. The number of benzene rings is 1. The van der Waals surface area contributed by atoms with Gasteiger partial charge in [0, 0.05) is 31.4 Å². The van der Waals surface area contributed by atoms with Crippen LogP contribution in [0.1, 0.15) is 25.3 Å². The minimum absolute atomic E-state index is 0.247. The predicted octanol–water partition coefficient (Wildman–Crippen LogP) is 2.52. The van der Waals surface area contributed by atoms with Crippen molar-refractivity contribution in [3.8, 4) is 0 Å². The van der Waals surface area contributed by atoms with Gasteiger partial charge in [-0.2, -0.15) is 0 Å². The number of fused-ring (bicyclic) bond motifs is 1. The Kier molecular flexibility index (Phi) is 4.79. The van der Waals surface area contributed by atoms with Crippen molar-refractivity contribution in [1.82, 2.24) is 9.88 Å². The smallest absolute Gasteiger partial charge is 0.0483 e. The van der Waals surface area contributed by atoms with Crippen molar-refractivity contribution >= 4 is 10.9 Å². The lowest BCUT2D eigenvalue weighted by Crippen LogP contribution is -2.13. The van der Waals surface area contributed by atoms with Crippen LogP contribution in [0.15, 0.2) is 30.5 Å². The zero-order valence-corrected chi connectivity index (χ0v) is 11.0. The number of rotatable bonds is 7. The van der Waals surface area contributed by atoms with Crippen molar-refractivity contribution < 1.29 is 5.11 Å². The van der Waals surface area contributed by atoms with E-state index in [1.807, 2.05) is 0 Å². The first-order chi connectivity index (χ1) is 8.85. The minimum Gasteiger partial charge on any atom is -0.396 e. The Hall–Kier alpha value is -1.32. The molecule has 2 rings (SSSR count). The fourth-order valence-corrected chi connectivity index (χ4v) is 2.18.